The Kier molecular flexibility index (Phi) is 5.21. The van der Waals surface area contributed by atoms with Crippen LogP contribution in [0.5, 0.6) is 0 Å². The Bertz CT molecular complexity index is 1260. The SMILES string of the molecule is CN1C(=O)[C@@](c2cccc(-c3cccnc3F)c2)(c2cc(C(=O)O)n(CCF)c2)N=C1N. The van der Waals surface area contributed by atoms with Crippen LogP contribution in [0.1, 0.15) is 21.6 Å². The second-order valence-corrected chi connectivity index (χ2v) is 7.27. The number of carbonyl (C=O) groups excluding carboxylic acids is 1. The quantitative estimate of drug-likeness (QED) is 0.573. The number of carboxylic acids is 1. The lowest BCUT2D eigenvalue weighted by molar-refractivity contribution is -0.129. The van der Waals surface area contributed by atoms with Gasteiger partial charge in [0.1, 0.15) is 12.4 Å². The lowest BCUT2D eigenvalue weighted by Gasteiger charge is -2.25. The minimum atomic E-state index is -1.71. The van der Waals surface area contributed by atoms with Crippen LogP contribution < -0.4 is 5.73 Å². The second kappa shape index (κ2) is 7.88. The van der Waals surface area contributed by atoms with E-state index in [-0.39, 0.29) is 29.3 Å². The van der Waals surface area contributed by atoms with Crippen LogP contribution in [0.15, 0.2) is 59.9 Å². The molecule has 0 saturated heterocycles. The first kappa shape index (κ1) is 21.2. The van der Waals surface area contributed by atoms with Crippen molar-refractivity contribution in [3.05, 3.63) is 77.6 Å². The largest absolute Gasteiger partial charge is 0.477 e. The summed E-state index contributed by atoms with van der Waals surface area (Å²) in [5, 5.41) is 9.55. The molecule has 0 aliphatic carbocycles. The average molecular weight is 439 g/mol. The molecule has 10 heteroatoms. The molecule has 0 unspecified atom stereocenters. The number of nitrogens with two attached hydrogens (primary N) is 1. The van der Waals surface area contributed by atoms with E-state index in [1.807, 2.05) is 0 Å². The van der Waals surface area contributed by atoms with E-state index in [4.69, 9.17) is 5.73 Å². The number of carbonyl (C=O) groups is 2. The van der Waals surface area contributed by atoms with E-state index in [9.17, 15) is 23.5 Å². The molecule has 3 N–H and O–H groups in total. The van der Waals surface area contributed by atoms with Gasteiger partial charge in [-0.05, 0) is 35.4 Å². The highest BCUT2D eigenvalue weighted by Crippen LogP contribution is 2.41. The number of likely N-dealkylation sites (N-methyl/N-ethyl adjacent to an activating group) is 1. The molecule has 0 fully saturated rings. The highest BCUT2D eigenvalue weighted by molar-refractivity contribution is 6.09. The van der Waals surface area contributed by atoms with Gasteiger partial charge in [-0.2, -0.15) is 4.39 Å². The van der Waals surface area contributed by atoms with Crippen molar-refractivity contribution in [1.29, 1.82) is 0 Å². The summed E-state index contributed by atoms with van der Waals surface area (Å²) in [5.41, 5.74) is 5.29. The average Bonchev–Trinajstić information content (AvgIpc) is 3.30. The molecule has 0 saturated carbocycles. The molecule has 0 spiro atoms. The number of alkyl halides is 1. The minimum Gasteiger partial charge on any atom is -0.477 e. The van der Waals surface area contributed by atoms with Gasteiger partial charge in [0, 0.05) is 30.6 Å². The van der Waals surface area contributed by atoms with Crippen LogP contribution in [0.4, 0.5) is 8.78 Å². The number of benzene rings is 1. The molecule has 3 aromatic rings. The number of aryl methyl sites for hydroxylation is 1. The van der Waals surface area contributed by atoms with Gasteiger partial charge in [-0.25, -0.2) is 19.2 Å². The number of aromatic nitrogens is 2. The number of rotatable bonds is 6. The summed E-state index contributed by atoms with van der Waals surface area (Å²) in [7, 11) is 1.45. The summed E-state index contributed by atoms with van der Waals surface area (Å²) >= 11 is 0. The molecule has 8 nitrogen and oxygen atoms in total. The van der Waals surface area contributed by atoms with Gasteiger partial charge < -0.3 is 15.4 Å². The van der Waals surface area contributed by atoms with Crippen molar-refractivity contribution >= 4 is 17.8 Å². The van der Waals surface area contributed by atoms with Gasteiger partial charge in [0.25, 0.3) is 5.91 Å². The number of hydrogen-bond acceptors (Lipinski definition) is 5. The number of hydrogen-bond donors (Lipinski definition) is 2. The van der Waals surface area contributed by atoms with Crippen molar-refractivity contribution in [2.45, 2.75) is 12.1 Å². The molecule has 0 bridgehead atoms. The third-order valence-corrected chi connectivity index (χ3v) is 5.45. The number of halogens is 2. The molecule has 1 atom stereocenters. The van der Waals surface area contributed by atoms with Crippen molar-refractivity contribution in [3.63, 3.8) is 0 Å². The van der Waals surface area contributed by atoms with Gasteiger partial charge in [-0.15, -0.1) is 0 Å². The van der Waals surface area contributed by atoms with Crippen LogP contribution in [0.3, 0.4) is 0 Å². The van der Waals surface area contributed by atoms with Crippen molar-refractivity contribution in [1.82, 2.24) is 14.5 Å². The number of amides is 1. The van der Waals surface area contributed by atoms with Crippen molar-refractivity contribution in [2.75, 3.05) is 13.7 Å². The molecule has 164 valence electrons. The number of aliphatic imine (C=N–C) groups is 1. The first-order valence-corrected chi connectivity index (χ1v) is 9.64. The molecule has 1 aliphatic rings. The zero-order chi connectivity index (χ0) is 23.0. The fourth-order valence-corrected chi connectivity index (χ4v) is 3.86. The van der Waals surface area contributed by atoms with Gasteiger partial charge in [0.05, 0.1) is 6.54 Å². The van der Waals surface area contributed by atoms with E-state index in [0.29, 0.717) is 11.1 Å². The third-order valence-electron chi connectivity index (χ3n) is 5.45. The van der Waals surface area contributed by atoms with Crippen molar-refractivity contribution in [3.8, 4) is 11.1 Å². The van der Waals surface area contributed by atoms with E-state index < -0.39 is 30.0 Å². The zero-order valence-electron chi connectivity index (χ0n) is 17.0. The Labute approximate surface area is 181 Å². The monoisotopic (exact) mass is 439 g/mol. The Balaban J connectivity index is 1.96. The first-order chi connectivity index (χ1) is 15.3. The molecule has 4 rings (SSSR count). The van der Waals surface area contributed by atoms with E-state index >= 15 is 0 Å². The van der Waals surface area contributed by atoms with Gasteiger partial charge in [0.2, 0.25) is 5.95 Å². The highest BCUT2D eigenvalue weighted by atomic mass is 19.1. The van der Waals surface area contributed by atoms with Gasteiger partial charge in [0.15, 0.2) is 11.5 Å². The topological polar surface area (TPSA) is 114 Å². The minimum absolute atomic E-state index is 0.0666. The smallest absolute Gasteiger partial charge is 0.352 e. The van der Waals surface area contributed by atoms with Crippen molar-refractivity contribution in [2.24, 2.45) is 10.7 Å². The Morgan fingerprint density at radius 2 is 2.00 bits per heavy atom. The van der Waals surface area contributed by atoms with Crippen LogP contribution in [0.2, 0.25) is 0 Å². The standard InChI is InChI=1S/C22H19F2N5O3/c1-28-20(32)22(27-21(28)25,15-11-17(19(30)31)29(12-15)9-7-23)14-5-2-4-13(10-14)16-6-3-8-26-18(16)24/h2-6,8,10-12H,7,9H2,1H3,(H2,25,27)(H,30,31)/t22-/m1/s1. The molecule has 1 amide bonds. The molecule has 3 heterocycles. The summed E-state index contributed by atoms with van der Waals surface area (Å²) in [6.45, 7) is -1.00. The van der Waals surface area contributed by atoms with Crippen LogP contribution in [0, 0.1) is 5.95 Å². The molecule has 1 aliphatic heterocycles. The second-order valence-electron chi connectivity index (χ2n) is 7.27. The summed E-state index contributed by atoms with van der Waals surface area (Å²) in [4.78, 5) is 34.4. The van der Waals surface area contributed by atoms with Crippen LogP contribution in [-0.2, 0) is 16.9 Å². The number of nitrogens with zero attached hydrogens (tertiary/aromatic N) is 4. The third kappa shape index (κ3) is 3.20. The van der Waals surface area contributed by atoms with E-state index in [1.165, 1.54) is 30.1 Å². The fraction of sp³-hybridized carbons (Fsp3) is 0.182. The van der Waals surface area contributed by atoms with Crippen LogP contribution in [-0.4, -0.2) is 51.1 Å². The first-order valence-electron chi connectivity index (χ1n) is 9.64. The van der Waals surface area contributed by atoms with E-state index in [0.717, 1.165) is 4.90 Å². The molecule has 0 radical (unpaired) electrons. The van der Waals surface area contributed by atoms with Crippen molar-refractivity contribution < 1.29 is 23.5 Å². The van der Waals surface area contributed by atoms with E-state index in [1.54, 1.807) is 36.4 Å². The Morgan fingerprint density at radius 3 is 2.62 bits per heavy atom. The lowest BCUT2D eigenvalue weighted by Crippen LogP contribution is -2.41. The molecular weight excluding hydrogens is 420 g/mol. The number of guanidine groups is 1. The summed E-state index contributed by atoms with van der Waals surface area (Å²) < 4.78 is 28.5. The predicted molar refractivity (Wildman–Crippen MR) is 112 cm³/mol. The number of carboxylic acid groups (broad SMARTS) is 1. The predicted octanol–water partition coefficient (Wildman–Crippen LogP) is 2.39. The summed E-state index contributed by atoms with van der Waals surface area (Å²) in [6.07, 6.45) is 2.71. The van der Waals surface area contributed by atoms with Gasteiger partial charge >= 0.3 is 5.97 Å². The fourth-order valence-electron chi connectivity index (χ4n) is 3.86. The highest BCUT2D eigenvalue weighted by Gasteiger charge is 2.50. The maximum absolute atomic E-state index is 14.3. The molecular formula is C22H19F2N5O3. The lowest BCUT2D eigenvalue weighted by atomic mass is 9.83. The summed E-state index contributed by atoms with van der Waals surface area (Å²) in [6, 6.07) is 10.9. The number of pyridine rings is 1. The molecule has 1 aromatic carbocycles. The molecule has 2 aromatic heterocycles. The van der Waals surface area contributed by atoms with E-state index in [2.05, 4.69) is 9.98 Å². The van der Waals surface area contributed by atoms with Crippen LogP contribution in [0.25, 0.3) is 11.1 Å². The normalized spacial score (nSPS) is 18.2. The van der Waals surface area contributed by atoms with Gasteiger partial charge in [-0.1, -0.05) is 18.2 Å². The zero-order valence-corrected chi connectivity index (χ0v) is 17.0. The molecule has 32 heavy (non-hydrogen) atoms. The maximum atomic E-state index is 14.3. The van der Waals surface area contributed by atoms with Gasteiger partial charge in [-0.3, -0.25) is 9.69 Å². The maximum Gasteiger partial charge on any atom is 0.352 e. The van der Waals surface area contributed by atoms with Crippen LogP contribution >= 0.6 is 0 Å². The summed E-state index contributed by atoms with van der Waals surface area (Å²) in [5.74, 6) is -2.54. The Morgan fingerprint density at radius 1 is 1.22 bits per heavy atom. The number of aromatic carboxylic acids is 1. The Hall–Kier alpha value is -4.08.